The average molecular weight is 455 g/mol. The van der Waals surface area contributed by atoms with Crippen LogP contribution in [0.25, 0.3) is 11.0 Å². The van der Waals surface area contributed by atoms with E-state index in [4.69, 9.17) is 4.74 Å². The maximum atomic E-state index is 12.0. The van der Waals surface area contributed by atoms with Crippen LogP contribution in [0.3, 0.4) is 0 Å². The van der Waals surface area contributed by atoms with Crippen LogP contribution in [0.5, 0.6) is 5.75 Å². The number of hydrogen-bond donors (Lipinski definition) is 2. The minimum Gasteiger partial charge on any atom is -0.489 e. The molecular weight excluding hydrogens is 423 g/mol. The summed E-state index contributed by atoms with van der Waals surface area (Å²) in [6, 6.07) is 14.2. The van der Waals surface area contributed by atoms with E-state index in [0.29, 0.717) is 6.61 Å². The molecule has 0 aliphatic heterocycles. The van der Waals surface area contributed by atoms with Gasteiger partial charge in [-0.05, 0) is 61.4 Å². The lowest BCUT2D eigenvalue weighted by atomic mass is 10.2. The Hall–Kier alpha value is -1.99. The van der Waals surface area contributed by atoms with Crippen LogP contribution < -0.4 is 21.1 Å². The zero-order valence-corrected chi connectivity index (χ0v) is 19.4. The maximum Gasteiger partial charge on any atom is 0.328 e. The van der Waals surface area contributed by atoms with Crippen LogP contribution >= 0.6 is 24.8 Å². The molecule has 0 atom stereocenters. The molecule has 6 nitrogen and oxygen atoms in total. The Bertz CT molecular complexity index is 968. The van der Waals surface area contributed by atoms with Crippen molar-refractivity contribution in [2.24, 2.45) is 14.1 Å². The first-order chi connectivity index (χ1) is 13.6. The van der Waals surface area contributed by atoms with Crippen molar-refractivity contribution in [1.29, 1.82) is 0 Å². The fourth-order valence-corrected chi connectivity index (χ4v) is 3.26. The minimum absolute atomic E-state index is 0. The number of halogens is 2. The standard InChI is InChI=1S/C22H30N4O2.2ClH/c1-4-23-12-5-13-24-15-17-6-9-19(10-7-17)28-16-18-8-11-20-21(14-18)26(3)22(27)25(20)2;;/h6-11,14,23-24H,4-5,12-13,15-16H2,1-3H3;2*1H. The van der Waals surface area contributed by atoms with E-state index in [1.807, 2.05) is 30.3 Å². The Kier molecular flexibility index (Phi) is 11.0. The van der Waals surface area contributed by atoms with Crippen molar-refractivity contribution in [2.75, 3.05) is 19.6 Å². The number of nitrogens with one attached hydrogen (secondary N) is 2. The molecule has 1 heterocycles. The minimum atomic E-state index is -0.0149. The lowest BCUT2D eigenvalue weighted by Gasteiger charge is -2.09. The van der Waals surface area contributed by atoms with E-state index in [1.165, 1.54) is 5.56 Å². The zero-order chi connectivity index (χ0) is 19.9. The number of imidazole rings is 1. The van der Waals surface area contributed by atoms with Gasteiger partial charge < -0.3 is 15.4 Å². The average Bonchev–Trinajstić information content (AvgIpc) is 2.94. The van der Waals surface area contributed by atoms with Gasteiger partial charge >= 0.3 is 5.69 Å². The van der Waals surface area contributed by atoms with Crippen molar-refractivity contribution in [3.05, 3.63) is 64.1 Å². The van der Waals surface area contributed by atoms with E-state index in [9.17, 15) is 4.79 Å². The summed E-state index contributed by atoms with van der Waals surface area (Å²) in [5.41, 5.74) is 4.12. The van der Waals surface area contributed by atoms with E-state index in [2.05, 4.69) is 29.7 Å². The smallest absolute Gasteiger partial charge is 0.328 e. The maximum absolute atomic E-state index is 12.0. The summed E-state index contributed by atoms with van der Waals surface area (Å²) in [5, 5.41) is 6.78. The molecule has 8 heteroatoms. The molecule has 1 aromatic heterocycles. The Balaban J connectivity index is 0.00000225. The molecule has 3 rings (SSSR count). The van der Waals surface area contributed by atoms with Crippen LogP contribution in [0.1, 0.15) is 24.5 Å². The van der Waals surface area contributed by atoms with Crippen LogP contribution in [0.2, 0.25) is 0 Å². The van der Waals surface area contributed by atoms with Gasteiger partial charge in [-0.15, -0.1) is 24.8 Å². The highest BCUT2D eigenvalue weighted by molar-refractivity contribution is 5.85. The Labute approximate surface area is 190 Å². The van der Waals surface area contributed by atoms with Gasteiger partial charge in [0.2, 0.25) is 0 Å². The van der Waals surface area contributed by atoms with Gasteiger partial charge in [0.25, 0.3) is 0 Å². The summed E-state index contributed by atoms with van der Waals surface area (Å²) in [4.78, 5) is 12.0. The lowest BCUT2D eigenvalue weighted by Crippen LogP contribution is -2.21. The van der Waals surface area contributed by atoms with E-state index in [1.54, 1.807) is 23.2 Å². The van der Waals surface area contributed by atoms with Gasteiger partial charge in [-0.2, -0.15) is 0 Å². The molecule has 0 aliphatic rings. The van der Waals surface area contributed by atoms with Crippen LogP contribution in [0, 0.1) is 0 Å². The van der Waals surface area contributed by atoms with Gasteiger partial charge in [-0.1, -0.05) is 25.1 Å². The number of hydrogen-bond acceptors (Lipinski definition) is 4. The van der Waals surface area contributed by atoms with E-state index in [-0.39, 0.29) is 30.5 Å². The molecule has 2 aromatic carbocycles. The number of aromatic nitrogens is 2. The normalized spacial score (nSPS) is 10.5. The molecule has 0 aliphatic carbocycles. The fraction of sp³-hybridized carbons (Fsp3) is 0.409. The van der Waals surface area contributed by atoms with Crippen LogP contribution in [0.4, 0.5) is 0 Å². The Morgan fingerprint density at radius 1 is 0.867 bits per heavy atom. The quantitative estimate of drug-likeness (QED) is 0.460. The van der Waals surface area contributed by atoms with Crippen LogP contribution in [-0.2, 0) is 27.2 Å². The number of ether oxygens (including phenoxy) is 1. The first kappa shape index (κ1) is 26.0. The molecule has 3 aromatic rings. The Morgan fingerprint density at radius 3 is 2.20 bits per heavy atom. The van der Waals surface area contributed by atoms with Crippen molar-refractivity contribution in [3.63, 3.8) is 0 Å². The number of rotatable bonds is 10. The molecule has 0 fully saturated rings. The van der Waals surface area contributed by atoms with E-state index >= 15 is 0 Å². The third kappa shape index (κ3) is 6.51. The molecule has 2 N–H and O–H groups in total. The summed E-state index contributed by atoms with van der Waals surface area (Å²) in [7, 11) is 3.59. The first-order valence-electron chi connectivity index (χ1n) is 9.87. The monoisotopic (exact) mass is 454 g/mol. The predicted molar refractivity (Wildman–Crippen MR) is 128 cm³/mol. The number of nitrogens with zero attached hydrogens (tertiary/aromatic N) is 2. The lowest BCUT2D eigenvalue weighted by molar-refractivity contribution is 0.306. The molecule has 30 heavy (non-hydrogen) atoms. The van der Waals surface area contributed by atoms with Crippen LogP contribution in [0.15, 0.2) is 47.3 Å². The number of benzene rings is 2. The number of fused-ring (bicyclic) bond motifs is 1. The third-order valence-corrected chi connectivity index (χ3v) is 4.95. The first-order valence-corrected chi connectivity index (χ1v) is 9.87. The SMILES string of the molecule is CCNCCCNCc1ccc(OCc2ccc3c(c2)n(C)c(=O)n3C)cc1.Cl.Cl. The van der Waals surface area contributed by atoms with E-state index in [0.717, 1.165) is 54.9 Å². The van der Waals surface area contributed by atoms with Gasteiger partial charge in [0.1, 0.15) is 12.4 Å². The van der Waals surface area contributed by atoms with Gasteiger partial charge in [0.15, 0.2) is 0 Å². The second-order valence-electron chi connectivity index (χ2n) is 7.04. The summed E-state index contributed by atoms with van der Waals surface area (Å²) < 4.78 is 9.25. The molecule has 0 unspecified atom stereocenters. The highest BCUT2D eigenvalue weighted by atomic mass is 35.5. The Morgan fingerprint density at radius 2 is 1.50 bits per heavy atom. The summed E-state index contributed by atoms with van der Waals surface area (Å²) >= 11 is 0. The van der Waals surface area contributed by atoms with Gasteiger partial charge in [0, 0.05) is 20.6 Å². The topological polar surface area (TPSA) is 60.2 Å². The second kappa shape index (κ2) is 12.6. The van der Waals surface area contributed by atoms with Gasteiger partial charge in [-0.3, -0.25) is 9.13 Å². The van der Waals surface area contributed by atoms with Crippen molar-refractivity contribution >= 4 is 35.8 Å². The second-order valence-corrected chi connectivity index (χ2v) is 7.04. The third-order valence-electron chi connectivity index (χ3n) is 4.95. The van der Waals surface area contributed by atoms with Gasteiger partial charge in [-0.25, -0.2) is 4.79 Å². The largest absolute Gasteiger partial charge is 0.489 e. The van der Waals surface area contributed by atoms with Crippen molar-refractivity contribution in [1.82, 2.24) is 19.8 Å². The van der Waals surface area contributed by atoms with Crippen LogP contribution in [-0.4, -0.2) is 28.8 Å². The molecule has 0 radical (unpaired) electrons. The number of aryl methyl sites for hydroxylation is 2. The van der Waals surface area contributed by atoms with Crippen molar-refractivity contribution < 1.29 is 4.74 Å². The molecular formula is C22H32Cl2N4O2. The zero-order valence-electron chi connectivity index (χ0n) is 17.8. The fourth-order valence-electron chi connectivity index (χ4n) is 3.26. The van der Waals surface area contributed by atoms with E-state index < -0.39 is 0 Å². The van der Waals surface area contributed by atoms with Crippen molar-refractivity contribution in [3.8, 4) is 5.75 Å². The molecule has 166 valence electrons. The summed E-state index contributed by atoms with van der Waals surface area (Å²) in [6.45, 7) is 6.55. The highest BCUT2D eigenvalue weighted by Gasteiger charge is 2.08. The molecule has 0 bridgehead atoms. The molecule has 0 saturated heterocycles. The highest BCUT2D eigenvalue weighted by Crippen LogP contribution is 2.17. The predicted octanol–water partition coefficient (Wildman–Crippen LogP) is 3.39. The summed E-state index contributed by atoms with van der Waals surface area (Å²) in [6.07, 6.45) is 1.13. The van der Waals surface area contributed by atoms with Crippen molar-refractivity contribution in [2.45, 2.75) is 26.5 Å². The summed E-state index contributed by atoms with van der Waals surface area (Å²) in [5.74, 6) is 0.845. The van der Waals surface area contributed by atoms with Gasteiger partial charge in [0.05, 0.1) is 11.0 Å². The molecule has 0 spiro atoms. The molecule has 0 saturated carbocycles. The molecule has 0 amide bonds.